The highest BCUT2D eigenvalue weighted by Gasteiger charge is 2.43. The molecule has 2 aliphatic rings. The zero-order valence-electron chi connectivity index (χ0n) is 12.7. The van der Waals surface area contributed by atoms with Gasteiger partial charge in [0, 0.05) is 12.6 Å². The van der Waals surface area contributed by atoms with Crippen molar-refractivity contribution >= 4 is 0 Å². The van der Waals surface area contributed by atoms with Crippen molar-refractivity contribution in [2.24, 2.45) is 0 Å². The smallest absolute Gasteiger partial charge is 0.0990 e. The molecule has 2 rings (SSSR count). The fourth-order valence-corrected chi connectivity index (χ4v) is 3.29. The van der Waals surface area contributed by atoms with Gasteiger partial charge in [-0.15, -0.1) is 0 Å². The topological polar surface area (TPSA) is 30.5 Å². The summed E-state index contributed by atoms with van der Waals surface area (Å²) in [5.41, 5.74) is 0. The van der Waals surface area contributed by atoms with Gasteiger partial charge in [0.2, 0.25) is 0 Å². The molecule has 2 aliphatic carbocycles. The predicted octanol–water partition coefficient (Wildman–Crippen LogP) is 3.27. The van der Waals surface area contributed by atoms with E-state index < -0.39 is 0 Å². The molecule has 3 atom stereocenters. The Bertz CT molecular complexity index is 239. The second-order valence-electron chi connectivity index (χ2n) is 6.00. The van der Waals surface area contributed by atoms with E-state index in [1.807, 2.05) is 0 Å². The highest BCUT2D eigenvalue weighted by Crippen LogP contribution is 2.31. The molecule has 0 aromatic heterocycles. The molecule has 0 spiro atoms. The molecule has 3 heteroatoms. The molecule has 19 heavy (non-hydrogen) atoms. The summed E-state index contributed by atoms with van der Waals surface area (Å²) < 4.78 is 12.2. The van der Waals surface area contributed by atoms with Gasteiger partial charge in [0.05, 0.1) is 18.3 Å². The first-order valence-electron chi connectivity index (χ1n) is 8.35. The lowest BCUT2D eigenvalue weighted by Gasteiger charge is -2.45. The van der Waals surface area contributed by atoms with Gasteiger partial charge >= 0.3 is 0 Å². The van der Waals surface area contributed by atoms with Gasteiger partial charge in [0.1, 0.15) is 0 Å². The normalized spacial score (nSPS) is 32.8. The lowest BCUT2D eigenvalue weighted by molar-refractivity contribution is -0.167. The van der Waals surface area contributed by atoms with E-state index in [0.717, 1.165) is 19.6 Å². The second kappa shape index (κ2) is 8.23. The van der Waals surface area contributed by atoms with E-state index in [0.29, 0.717) is 18.2 Å². The van der Waals surface area contributed by atoms with Crippen LogP contribution in [0.3, 0.4) is 0 Å². The molecule has 0 bridgehead atoms. The minimum absolute atomic E-state index is 0.278. The van der Waals surface area contributed by atoms with E-state index in [4.69, 9.17) is 9.47 Å². The standard InChI is InChI=1S/C16H31NO2/c1-3-11-17-14-12-15(16(14)18-4-2)19-13-9-7-5-6-8-10-13/h13-17H,3-12H2,1-2H3. The molecule has 0 heterocycles. The van der Waals surface area contributed by atoms with E-state index in [-0.39, 0.29) is 6.10 Å². The highest BCUT2D eigenvalue weighted by atomic mass is 16.6. The zero-order valence-corrected chi connectivity index (χ0v) is 12.7. The molecule has 2 fully saturated rings. The van der Waals surface area contributed by atoms with E-state index >= 15 is 0 Å². The Morgan fingerprint density at radius 3 is 2.42 bits per heavy atom. The number of rotatable bonds is 7. The van der Waals surface area contributed by atoms with Crippen LogP contribution in [-0.4, -0.2) is 37.5 Å². The summed E-state index contributed by atoms with van der Waals surface area (Å²) in [7, 11) is 0. The first-order valence-corrected chi connectivity index (χ1v) is 8.35. The molecule has 3 nitrogen and oxygen atoms in total. The molecule has 0 radical (unpaired) electrons. The van der Waals surface area contributed by atoms with Crippen molar-refractivity contribution in [3.63, 3.8) is 0 Å². The third kappa shape index (κ3) is 4.44. The van der Waals surface area contributed by atoms with Gasteiger partial charge in [0.15, 0.2) is 0 Å². The van der Waals surface area contributed by atoms with Gasteiger partial charge in [-0.05, 0) is 39.2 Å². The van der Waals surface area contributed by atoms with Crippen molar-refractivity contribution in [2.45, 2.75) is 89.6 Å². The van der Waals surface area contributed by atoms with E-state index in [9.17, 15) is 0 Å². The number of hydrogen-bond donors (Lipinski definition) is 1. The minimum Gasteiger partial charge on any atom is -0.374 e. The summed E-state index contributed by atoms with van der Waals surface area (Å²) in [6.07, 6.45) is 11.4. The molecule has 3 unspecified atom stereocenters. The number of ether oxygens (including phenoxy) is 2. The predicted molar refractivity (Wildman–Crippen MR) is 78.5 cm³/mol. The van der Waals surface area contributed by atoms with Gasteiger partial charge in [-0.3, -0.25) is 0 Å². The fourth-order valence-electron chi connectivity index (χ4n) is 3.29. The molecule has 0 amide bonds. The molecular formula is C16H31NO2. The highest BCUT2D eigenvalue weighted by molar-refractivity contribution is 4.97. The van der Waals surface area contributed by atoms with Crippen molar-refractivity contribution in [1.82, 2.24) is 5.32 Å². The van der Waals surface area contributed by atoms with Crippen LogP contribution in [0.2, 0.25) is 0 Å². The Kier molecular flexibility index (Phi) is 6.62. The quantitative estimate of drug-likeness (QED) is 0.720. The Labute approximate surface area is 118 Å². The first-order chi connectivity index (χ1) is 9.35. The van der Waals surface area contributed by atoms with Gasteiger partial charge in [-0.1, -0.05) is 32.6 Å². The fraction of sp³-hybridized carbons (Fsp3) is 1.00. The summed E-state index contributed by atoms with van der Waals surface area (Å²) in [5.74, 6) is 0. The molecule has 1 N–H and O–H groups in total. The molecule has 112 valence electrons. The summed E-state index contributed by atoms with van der Waals surface area (Å²) >= 11 is 0. The van der Waals surface area contributed by atoms with E-state index in [2.05, 4.69) is 19.2 Å². The maximum Gasteiger partial charge on any atom is 0.0990 e. The van der Waals surface area contributed by atoms with Crippen LogP contribution in [-0.2, 0) is 9.47 Å². The summed E-state index contributed by atoms with van der Waals surface area (Å²) in [4.78, 5) is 0. The van der Waals surface area contributed by atoms with E-state index in [1.165, 1.54) is 44.9 Å². The summed E-state index contributed by atoms with van der Waals surface area (Å²) in [5, 5.41) is 3.58. The SMILES string of the molecule is CCCNC1CC(OC2CCCCCC2)C1OCC. The first kappa shape index (κ1) is 15.3. The Morgan fingerprint density at radius 2 is 1.79 bits per heavy atom. The lowest BCUT2D eigenvalue weighted by Crippen LogP contribution is -2.60. The monoisotopic (exact) mass is 269 g/mol. The van der Waals surface area contributed by atoms with Crippen molar-refractivity contribution in [2.75, 3.05) is 13.2 Å². The van der Waals surface area contributed by atoms with Crippen LogP contribution in [0, 0.1) is 0 Å². The largest absolute Gasteiger partial charge is 0.374 e. The third-order valence-corrected chi connectivity index (χ3v) is 4.43. The number of nitrogens with one attached hydrogen (secondary N) is 1. The van der Waals surface area contributed by atoms with Crippen LogP contribution in [0.5, 0.6) is 0 Å². The van der Waals surface area contributed by atoms with E-state index in [1.54, 1.807) is 0 Å². The summed E-state index contributed by atoms with van der Waals surface area (Å²) in [6.45, 7) is 6.17. The van der Waals surface area contributed by atoms with Crippen molar-refractivity contribution in [1.29, 1.82) is 0 Å². The molecule has 0 aromatic carbocycles. The van der Waals surface area contributed by atoms with Crippen LogP contribution in [0.1, 0.15) is 65.2 Å². The van der Waals surface area contributed by atoms with Gasteiger partial charge in [-0.25, -0.2) is 0 Å². The maximum atomic E-state index is 6.32. The van der Waals surface area contributed by atoms with Crippen LogP contribution in [0.15, 0.2) is 0 Å². The average Bonchev–Trinajstić information content (AvgIpc) is 2.68. The van der Waals surface area contributed by atoms with Gasteiger partial charge in [-0.2, -0.15) is 0 Å². The average molecular weight is 269 g/mol. The Morgan fingerprint density at radius 1 is 1.05 bits per heavy atom. The van der Waals surface area contributed by atoms with Crippen molar-refractivity contribution < 1.29 is 9.47 Å². The van der Waals surface area contributed by atoms with Crippen LogP contribution < -0.4 is 5.32 Å². The molecule has 0 aromatic rings. The molecule has 0 saturated heterocycles. The van der Waals surface area contributed by atoms with Crippen LogP contribution >= 0.6 is 0 Å². The van der Waals surface area contributed by atoms with Gasteiger partial charge in [0.25, 0.3) is 0 Å². The van der Waals surface area contributed by atoms with Crippen LogP contribution in [0.4, 0.5) is 0 Å². The molecule has 0 aliphatic heterocycles. The third-order valence-electron chi connectivity index (χ3n) is 4.43. The zero-order chi connectivity index (χ0) is 13.5. The summed E-state index contributed by atoms with van der Waals surface area (Å²) in [6, 6.07) is 0.510. The van der Waals surface area contributed by atoms with Crippen LogP contribution in [0.25, 0.3) is 0 Å². The van der Waals surface area contributed by atoms with Gasteiger partial charge < -0.3 is 14.8 Å². The minimum atomic E-state index is 0.278. The Hall–Kier alpha value is -0.120. The van der Waals surface area contributed by atoms with Crippen molar-refractivity contribution in [3.8, 4) is 0 Å². The lowest BCUT2D eigenvalue weighted by atomic mass is 9.84. The molecule has 2 saturated carbocycles. The number of hydrogen-bond acceptors (Lipinski definition) is 3. The van der Waals surface area contributed by atoms with Crippen molar-refractivity contribution in [3.05, 3.63) is 0 Å². The maximum absolute atomic E-state index is 6.32. The molecular weight excluding hydrogens is 238 g/mol. The Balaban J connectivity index is 1.76. The second-order valence-corrected chi connectivity index (χ2v) is 6.00.